The van der Waals surface area contributed by atoms with E-state index in [-0.39, 0.29) is 6.10 Å². The number of methoxy groups -OCH3 is 1. The molecule has 0 amide bonds. The van der Waals surface area contributed by atoms with Gasteiger partial charge in [0.25, 0.3) is 0 Å². The molecule has 0 atom stereocenters. The van der Waals surface area contributed by atoms with Gasteiger partial charge in [-0.1, -0.05) is 36.8 Å². The minimum Gasteiger partial charge on any atom is -0.490 e. The van der Waals surface area contributed by atoms with Crippen molar-refractivity contribution in [2.24, 2.45) is 0 Å². The smallest absolute Gasteiger partial charge is 0.354 e. The first kappa shape index (κ1) is 18.4. The first-order valence-corrected chi connectivity index (χ1v) is 9.81. The van der Waals surface area contributed by atoms with Gasteiger partial charge in [-0.15, -0.1) is 0 Å². The zero-order valence-corrected chi connectivity index (χ0v) is 16.1. The average Bonchev–Trinajstić information content (AvgIpc) is 3.18. The highest BCUT2D eigenvalue weighted by Gasteiger charge is 2.19. The molecule has 1 aliphatic carbocycles. The van der Waals surface area contributed by atoms with Crippen molar-refractivity contribution in [1.82, 2.24) is 4.98 Å². The van der Waals surface area contributed by atoms with Crippen LogP contribution in [-0.4, -0.2) is 24.2 Å². The van der Waals surface area contributed by atoms with E-state index in [1.807, 2.05) is 42.5 Å². The number of hydrogen-bond acceptors (Lipinski definition) is 4. The zero-order valence-electron chi connectivity index (χ0n) is 16.1. The lowest BCUT2D eigenvalue weighted by Gasteiger charge is -2.23. The van der Waals surface area contributed by atoms with Crippen molar-refractivity contribution in [2.45, 2.75) is 44.8 Å². The van der Waals surface area contributed by atoms with Crippen molar-refractivity contribution < 1.29 is 19.0 Å². The summed E-state index contributed by atoms with van der Waals surface area (Å²) < 4.78 is 17.2. The van der Waals surface area contributed by atoms with Crippen molar-refractivity contribution in [3.05, 3.63) is 59.8 Å². The summed E-state index contributed by atoms with van der Waals surface area (Å²) in [5.74, 6) is 1.06. The van der Waals surface area contributed by atoms with Crippen LogP contribution < -0.4 is 9.47 Å². The quantitative estimate of drug-likeness (QED) is 0.595. The molecule has 5 heteroatoms. The fourth-order valence-corrected chi connectivity index (χ4v) is 3.68. The number of carbonyl (C=O) groups is 1. The molecule has 0 spiro atoms. The van der Waals surface area contributed by atoms with E-state index in [4.69, 9.17) is 14.2 Å². The van der Waals surface area contributed by atoms with Crippen molar-refractivity contribution >= 4 is 16.9 Å². The maximum absolute atomic E-state index is 12.0. The summed E-state index contributed by atoms with van der Waals surface area (Å²) >= 11 is 0. The van der Waals surface area contributed by atoms with Crippen molar-refractivity contribution in [2.75, 3.05) is 7.11 Å². The minimum absolute atomic E-state index is 0.206. The number of carbonyl (C=O) groups excluding carboxylic acids is 1. The number of rotatable bonds is 6. The summed E-state index contributed by atoms with van der Waals surface area (Å²) in [6.07, 6.45) is 5.98. The number of esters is 1. The number of ether oxygens (including phenoxy) is 3. The molecule has 0 radical (unpaired) electrons. The second-order valence-corrected chi connectivity index (χ2v) is 7.21. The molecule has 0 aliphatic heterocycles. The van der Waals surface area contributed by atoms with Gasteiger partial charge in [0.15, 0.2) is 0 Å². The van der Waals surface area contributed by atoms with Crippen LogP contribution in [0.2, 0.25) is 0 Å². The van der Waals surface area contributed by atoms with E-state index in [1.165, 1.54) is 26.4 Å². The van der Waals surface area contributed by atoms with Gasteiger partial charge in [0, 0.05) is 17.5 Å². The topological polar surface area (TPSA) is 60.6 Å². The Morgan fingerprint density at radius 1 is 1.07 bits per heavy atom. The van der Waals surface area contributed by atoms with Gasteiger partial charge in [0.05, 0.1) is 18.7 Å². The Kier molecular flexibility index (Phi) is 5.51. The second-order valence-electron chi connectivity index (χ2n) is 7.21. The third kappa shape index (κ3) is 4.14. The van der Waals surface area contributed by atoms with E-state index in [0.717, 1.165) is 35.1 Å². The molecule has 1 heterocycles. The molecule has 5 nitrogen and oxygen atoms in total. The molecule has 1 aliphatic rings. The van der Waals surface area contributed by atoms with Crippen LogP contribution in [0.4, 0.5) is 0 Å². The Labute approximate surface area is 164 Å². The maximum atomic E-state index is 12.0. The third-order valence-electron chi connectivity index (χ3n) is 5.17. The van der Waals surface area contributed by atoms with Crippen LogP contribution in [0.5, 0.6) is 11.5 Å². The minimum atomic E-state index is -0.397. The highest BCUT2D eigenvalue weighted by atomic mass is 16.5. The fraction of sp³-hybridized carbons (Fsp3) is 0.348. The first-order chi connectivity index (χ1) is 13.7. The van der Waals surface area contributed by atoms with Gasteiger partial charge in [0.1, 0.15) is 23.8 Å². The number of hydrogen-bond donors (Lipinski definition) is 1. The van der Waals surface area contributed by atoms with Gasteiger partial charge >= 0.3 is 5.97 Å². The Balaban J connectivity index is 1.64. The van der Waals surface area contributed by atoms with Crippen LogP contribution in [0, 0.1) is 0 Å². The summed E-state index contributed by atoms with van der Waals surface area (Å²) in [6, 6.07) is 15.6. The van der Waals surface area contributed by atoms with Crippen LogP contribution in [-0.2, 0) is 11.3 Å². The van der Waals surface area contributed by atoms with Crippen LogP contribution in [0.3, 0.4) is 0 Å². The Bertz CT molecular complexity index is 942. The number of nitrogens with one attached hydrogen (secondary N) is 1. The number of aromatic nitrogens is 1. The van der Waals surface area contributed by atoms with Gasteiger partial charge in [-0.3, -0.25) is 0 Å². The predicted octanol–water partition coefficient (Wildman–Crippen LogP) is 5.25. The Morgan fingerprint density at radius 3 is 2.61 bits per heavy atom. The molecule has 0 saturated heterocycles. The largest absolute Gasteiger partial charge is 0.490 e. The predicted molar refractivity (Wildman–Crippen MR) is 108 cm³/mol. The highest BCUT2D eigenvalue weighted by Crippen LogP contribution is 2.35. The standard InChI is InChI=1S/C23H25NO4/c1-26-23(25)21-14-19-20(24-21)12-18(27-15-16-8-4-2-5-9-16)13-22(19)28-17-10-6-3-7-11-17/h2,4-5,8-9,12-14,17,24H,3,6-7,10-11,15H2,1H3. The molecule has 4 rings (SSSR count). The monoisotopic (exact) mass is 379 g/mol. The van der Waals surface area contributed by atoms with Crippen LogP contribution in [0.15, 0.2) is 48.5 Å². The van der Waals surface area contributed by atoms with Crippen molar-refractivity contribution in [1.29, 1.82) is 0 Å². The molecule has 1 aromatic heterocycles. The first-order valence-electron chi connectivity index (χ1n) is 9.81. The molecule has 2 aromatic carbocycles. The maximum Gasteiger partial charge on any atom is 0.354 e. The molecule has 1 N–H and O–H groups in total. The van der Waals surface area contributed by atoms with Gasteiger partial charge in [0.2, 0.25) is 0 Å². The Hall–Kier alpha value is -2.95. The summed E-state index contributed by atoms with van der Waals surface area (Å²) in [4.78, 5) is 15.1. The average molecular weight is 379 g/mol. The third-order valence-corrected chi connectivity index (χ3v) is 5.17. The molecule has 3 aromatic rings. The van der Waals surface area contributed by atoms with E-state index in [1.54, 1.807) is 6.07 Å². The lowest BCUT2D eigenvalue weighted by molar-refractivity contribution is 0.0595. The molecule has 146 valence electrons. The zero-order chi connectivity index (χ0) is 19.3. The second kappa shape index (κ2) is 8.38. The van der Waals surface area contributed by atoms with E-state index >= 15 is 0 Å². The number of aromatic amines is 1. The van der Waals surface area contributed by atoms with Gasteiger partial charge in [-0.05, 0) is 37.3 Å². The van der Waals surface area contributed by atoms with E-state index in [2.05, 4.69) is 4.98 Å². The van der Waals surface area contributed by atoms with Crippen LogP contribution >= 0.6 is 0 Å². The summed E-state index contributed by atoms with van der Waals surface area (Å²) in [6.45, 7) is 0.472. The fourth-order valence-electron chi connectivity index (χ4n) is 3.68. The molecule has 0 bridgehead atoms. The van der Waals surface area contributed by atoms with E-state index < -0.39 is 5.97 Å². The summed E-state index contributed by atoms with van der Waals surface area (Å²) in [5.41, 5.74) is 2.31. The van der Waals surface area contributed by atoms with E-state index in [0.29, 0.717) is 18.1 Å². The molecule has 0 unspecified atom stereocenters. The SMILES string of the molecule is COC(=O)c1cc2c(OC3CCCCC3)cc(OCc3ccccc3)cc2[nH]1. The van der Waals surface area contributed by atoms with Crippen molar-refractivity contribution in [3.8, 4) is 11.5 Å². The lowest BCUT2D eigenvalue weighted by atomic mass is 9.98. The van der Waals surface area contributed by atoms with Crippen molar-refractivity contribution in [3.63, 3.8) is 0 Å². The van der Waals surface area contributed by atoms with Crippen LogP contribution in [0.25, 0.3) is 10.9 Å². The van der Waals surface area contributed by atoms with E-state index in [9.17, 15) is 4.79 Å². The van der Waals surface area contributed by atoms with Gasteiger partial charge in [-0.2, -0.15) is 0 Å². The molecule has 1 fully saturated rings. The normalized spacial score (nSPS) is 14.8. The summed E-state index contributed by atoms with van der Waals surface area (Å²) in [7, 11) is 1.38. The molecular formula is C23H25NO4. The molecule has 28 heavy (non-hydrogen) atoms. The highest BCUT2D eigenvalue weighted by molar-refractivity contribution is 5.97. The number of benzene rings is 2. The van der Waals surface area contributed by atoms with Gasteiger partial charge < -0.3 is 19.2 Å². The van der Waals surface area contributed by atoms with Gasteiger partial charge in [-0.25, -0.2) is 4.79 Å². The number of H-pyrrole nitrogens is 1. The lowest BCUT2D eigenvalue weighted by Crippen LogP contribution is -2.19. The summed E-state index contributed by atoms with van der Waals surface area (Å²) in [5, 5.41) is 0.873. The molecular weight excluding hydrogens is 354 g/mol. The Morgan fingerprint density at radius 2 is 1.86 bits per heavy atom. The molecule has 1 saturated carbocycles. The van der Waals surface area contributed by atoms with Crippen LogP contribution in [0.1, 0.15) is 48.2 Å². The number of fused-ring (bicyclic) bond motifs is 1.